The van der Waals surface area contributed by atoms with E-state index in [9.17, 15) is 20.2 Å². The summed E-state index contributed by atoms with van der Waals surface area (Å²) >= 11 is 0. The second kappa shape index (κ2) is 4.97. The third-order valence-corrected chi connectivity index (χ3v) is 3.86. The lowest BCUT2D eigenvalue weighted by Crippen LogP contribution is -2.33. The van der Waals surface area contributed by atoms with E-state index in [1.165, 1.54) is 12.1 Å². The van der Waals surface area contributed by atoms with Crippen LogP contribution in [-0.4, -0.2) is 15.6 Å². The summed E-state index contributed by atoms with van der Waals surface area (Å²) in [4.78, 5) is 20.3. The molecular formula is C13H12N4O4. The molecule has 0 radical (unpaired) electrons. The first kappa shape index (κ1) is 13.2. The first-order chi connectivity index (χ1) is 10.1. The highest BCUT2D eigenvalue weighted by Crippen LogP contribution is 2.40. The molecule has 1 N–H and O–H groups in total. The summed E-state index contributed by atoms with van der Waals surface area (Å²) in [5, 5.41) is 25.9. The molecular weight excluding hydrogens is 276 g/mol. The van der Waals surface area contributed by atoms with Crippen LogP contribution in [0.2, 0.25) is 0 Å². The molecule has 108 valence electrons. The number of nitro benzene ring substituents is 2. The lowest BCUT2D eigenvalue weighted by molar-refractivity contribution is -0.393. The molecule has 21 heavy (non-hydrogen) atoms. The second-order valence-corrected chi connectivity index (χ2v) is 5.08. The number of hydrogen-bond acceptors (Lipinski definition) is 6. The van der Waals surface area contributed by atoms with E-state index in [0.29, 0.717) is 11.8 Å². The summed E-state index contributed by atoms with van der Waals surface area (Å²) in [6.07, 6.45) is 6.15. The molecule has 3 rings (SSSR count). The van der Waals surface area contributed by atoms with Crippen molar-refractivity contribution in [2.24, 2.45) is 16.9 Å². The Balaban J connectivity index is 1.82. The fourth-order valence-electron chi connectivity index (χ4n) is 2.67. The maximum atomic E-state index is 11.0. The summed E-state index contributed by atoms with van der Waals surface area (Å²) in [6.45, 7) is 0. The third kappa shape index (κ3) is 2.35. The molecule has 0 aliphatic heterocycles. The molecule has 0 amide bonds. The van der Waals surface area contributed by atoms with Crippen molar-refractivity contribution in [3.63, 3.8) is 0 Å². The van der Waals surface area contributed by atoms with E-state index in [1.54, 1.807) is 0 Å². The standard InChI is InChI=1S/C13H12N4O4/c18-16(19)9-4-5-11(13(7-9)17(20)21)14-15-12-6-8-2-1-3-10(8)12/h1,3-5,7-8,10,14H,2,6H2/b15-12-/t8-,10-/m1/s1. The van der Waals surface area contributed by atoms with Crippen molar-refractivity contribution in [2.75, 3.05) is 5.43 Å². The molecule has 8 heteroatoms. The Bertz CT molecular complexity index is 683. The Morgan fingerprint density at radius 1 is 1.24 bits per heavy atom. The number of nitrogens with zero attached hydrogens (tertiary/aromatic N) is 3. The molecule has 0 saturated heterocycles. The molecule has 1 aromatic rings. The number of hydrogen-bond donors (Lipinski definition) is 1. The summed E-state index contributed by atoms with van der Waals surface area (Å²) in [6, 6.07) is 3.46. The number of nitro groups is 2. The monoisotopic (exact) mass is 288 g/mol. The van der Waals surface area contributed by atoms with Crippen LogP contribution >= 0.6 is 0 Å². The highest BCUT2D eigenvalue weighted by atomic mass is 16.6. The quantitative estimate of drug-likeness (QED) is 0.520. The number of allylic oxidation sites excluding steroid dienone is 2. The van der Waals surface area contributed by atoms with E-state index in [0.717, 1.165) is 24.6 Å². The zero-order valence-corrected chi connectivity index (χ0v) is 10.9. The van der Waals surface area contributed by atoms with Crippen molar-refractivity contribution in [3.05, 3.63) is 50.6 Å². The number of fused-ring (bicyclic) bond motifs is 1. The van der Waals surface area contributed by atoms with Crippen molar-refractivity contribution >= 4 is 22.8 Å². The van der Waals surface area contributed by atoms with Crippen LogP contribution < -0.4 is 5.43 Å². The molecule has 2 atom stereocenters. The van der Waals surface area contributed by atoms with Gasteiger partial charge in [-0.3, -0.25) is 25.7 Å². The highest BCUT2D eigenvalue weighted by Gasteiger charge is 2.37. The summed E-state index contributed by atoms with van der Waals surface area (Å²) in [7, 11) is 0. The van der Waals surface area contributed by atoms with Crippen molar-refractivity contribution in [3.8, 4) is 0 Å². The third-order valence-electron chi connectivity index (χ3n) is 3.86. The normalized spacial score (nSPS) is 24.5. The summed E-state index contributed by atoms with van der Waals surface area (Å²) in [5.74, 6) is 0.937. The van der Waals surface area contributed by atoms with Crippen LogP contribution in [0.1, 0.15) is 12.8 Å². The molecule has 2 aliphatic rings. The van der Waals surface area contributed by atoms with Gasteiger partial charge in [-0.05, 0) is 24.8 Å². The zero-order valence-electron chi connectivity index (χ0n) is 10.9. The fraction of sp³-hybridized carbons (Fsp3) is 0.308. The first-order valence-electron chi connectivity index (χ1n) is 6.48. The van der Waals surface area contributed by atoms with Gasteiger partial charge in [0.1, 0.15) is 5.69 Å². The van der Waals surface area contributed by atoms with Gasteiger partial charge in [-0.15, -0.1) is 0 Å². The van der Waals surface area contributed by atoms with Gasteiger partial charge in [-0.1, -0.05) is 12.2 Å². The maximum Gasteiger partial charge on any atom is 0.301 e. The molecule has 1 aromatic carbocycles. The van der Waals surface area contributed by atoms with Gasteiger partial charge in [0.15, 0.2) is 0 Å². The number of nitrogens with one attached hydrogen (secondary N) is 1. The van der Waals surface area contributed by atoms with Gasteiger partial charge < -0.3 is 0 Å². The highest BCUT2D eigenvalue weighted by molar-refractivity contribution is 5.95. The minimum Gasteiger partial charge on any atom is -0.272 e. The molecule has 8 nitrogen and oxygen atoms in total. The smallest absolute Gasteiger partial charge is 0.272 e. The number of benzene rings is 1. The predicted molar refractivity (Wildman–Crippen MR) is 76.2 cm³/mol. The number of anilines is 1. The predicted octanol–water partition coefficient (Wildman–Crippen LogP) is 2.87. The van der Waals surface area contributed by atoms with Crippen molar-refractivity contribution in [2.45, 2.75) is 12.8 Å². The van der Waals surface area contributed by atoms with Gasteiger partial charge in [0, 0.05) is 17.7 Å². The number of non-ortho nitro benzene ring substituents is 1. The Morgan fingerprint density at radius 2 is 2.05 bits per heavy atom. The van der Waals surface area contributed by atoms with Crippen LogP contribution in [0.3, 0.4) is 0 Å². The summed E-state index contributed by atoms with van der Waals surface area (Å²) < 4.78 is 0. The van der Waals surface area contributed by atoms with Crippen molar-refractivity contribution < 1.29 is 9.85 Å². The molecule has 0 unspecified atom stereocenters. The largest absolute Gasteiger partial charge is 0.301 e. The molecule has 1 saturated carbocycles. The minimum absolute atomic E-state index is 0.156. The van der Waals surface area contributed by atoms with E-state index in [-0.39, 0.29) is 17.1 Å². The van der Waals surface area contributed by atoms with Crippen LogP contribution in [0.15, 0.2) is 35.5 Å². The Kier molecular flexibility index (Phi) is 3.13. The van der Waals surface area contributed by atoms with Crippen LogP contribution in [0.5, 0.6) is 0 Å². The van der Waals surface area contributed by atoms with E-state index >= 15 is 0 Å². The SMILES string of the molecule is O=[N+]([O-])c1ccc(N/N=C2/C[C@H]3CC=C[C@@H]23)c([N+](=O)[O-])c1. The van der Waals surface area contributed by atoms with Crippen LogP contribution in [0.4, 0.5) is 17.1 Å². The average Bonchev–Trinajstić information content (AvgIpc) is 2.80. The van der Waals surface area contributed by atoms with Gasteiger partial charge in [0.25, 0.3) is 5.69 Å². The van der Waals surface area contributed by atoms with E-state index in [2.05, 4.69) is 22.7 Å². The summed E-state index contributed by atoms with van der Waals surface area (Å²) in [5.41, 5.74) is 3.11. The molecule has 0 heterocycles. The van der Waals surface area contributed by atoms with E-state index < -0.39 is 9.85 Å². The molecule has 1 fully saturated rings. The second-order valence-electron chi connectivity index (χ2n) is 5.08. The molecule has 0 bridgehead atoms. The van der Waals surface area contributed by atoms with Gasteiger partial charge >= 0.3 is 5.69 Å². The van der Waals surface area contributed by atoms with Crippen molar-refractivity contribution in [1.29, 1.82) is 0 Å². The van der Waals surface area contributed by atoms with Gasteiger partial charge in [-0.25, -0.2) is 0 Å². The minimum atomic E-state index is -0.664. The van der Waals surface area contributed by atoms with E-state index in [1.807, 2.05) is 0 Å². The van der Waals surface area contributed by atoms with Crippen LogP contribution in [0, 0.1) is 32.1 Å². The number of hydrazone groups is 1. The Morgan fingerprint density at radius 3 is 2.71 bits per heavy atom. The average molecular weight is 288 g/mol. The topological polar surface area (TPSA) is 111 Å². The first-order valence-corrected chi connectivity index (χ1v) is 6.48. The van der Waals surface area contributed by atoms with E-state index in [4.69, 9.17) is 0 Å². The van der Waals surface area contributed by atoms with Crippen LogP contribution in [-0.2, 0) is 0 Å². The molecule has 0 aromatic heterocycles. The zero-order chi connectivity index (χ0) is 15.0. The molecule has 0 spiro atoms. The van der Waals surface area contributed by atoms with Crippen molar-refractivity contribution in [1.82, 2.24) is 0 Å². The van der Waals surface area contributed by atoms with Crippen LogP contribution in [0.25, 0.3) is 0 Å². The Labute approximate surface area is 119 Å². The molecule has 2 aliphatic carbocycles. The lowest BCUT2D eigenvalue weighted by Gasteiger charge is -2.31. The van der Waals surface area contributed by atoms with Gasteiger partial charge in [0.05, 0.1) is 15.9 Å². The Hall–Kier alpha value is -2.77. The number of rotatable bonds is 4. The lowest BCUT2D eigenvalue weighted by atomic mass is 9.74. The fourth-order valence-corrected chi connectivity index (χ4v) is 2.67. The maximum absolute atomic E-state index is 11.0. The van der Waals surface area contributed by atoms with Gasteiger partial charge in [0.2, 0.25) is 0 Å². The van der Waals surface area contributed by atoms with Gasteiger partial charge in [-0.2, -0.15) is 5.10 Å².